The summed E-state index contributed by atoms with van der Waals surface area (Å²) in [5.74, 6) is 0. The molecule has 0 radical (unpaired) electrons. The third-order valence-corrected chi connectivity index (χ3v) is 6.59. The van der Waals surface area contributed by atoms with E-state index in [-0.39, 0.29) is 17.0 Å². The monoisotopic (exact) mass is 510 g/mol. The molecular weight excluding hydrogens is 491 g/mol. The SMILES string of the molecule is CCc1ccc2ccccc2c1-n1c[n+](-c2c(C)ccc3ccccc23)c(Cl)c1Cl.[Br-]. The average molecular weight is 512 g/mol. The smallest absolute Gasteiger partial charge is 0.260 e. The highest BCUT2D eigenvalue weighted by Crippen LogP contribution is 2.33. The summed E-state index contributed by atoms with van der Waals surface area (Å²) in [6, 6.07) is 25.3. The first-order valence-electron chi connectivity index (χ1n) is 10.1. The third-order valence-electron chi connectivity index (χ3n) is 5.77. The lowest BCUT2D eigenvalue weighted by molar-refractivity contribution is -0.591. The quantitative estimate of drug-likeness (QED) is 0.320. The summed E-state index contributed by atoms with van der Waals surface area (Å²) in [5, 5.41) is 5.67. The number of benzene rings is 4. The molecule has 0 N–H and O–H groups in total. The molecule has 1 aromatic heterocycles. The van der Waals surface area contributed by atoms with Crippen molar-refractivity contribution in [1.29, 1.82) is 0 Å². The molecule has 5 rings (SSSR count). The highest BCUT2D eigenvalue weighted by atomic mass is 79.9. The van der Waals surface area contributed by atoms with Crippen LogP contribution in [0.1, 0.15) is 18.1 Å². The first kappa shape index (κ1) is 21.9. The summed E-state index contributed by atoms with van der Waals surface area (Å²) in [7, 11) is 0. The van der Waals surface area contributed by atoms with Crippen molar-refractivity contribution >= 4 is 44.7 Å². The second-order valence-corrected chi connectivity index (χ2v) is 8.25. The minimum atomic E-state index is 0. The Morgan fingerprint density at radius 3 is 2.13 bits per heavy atom. The second-order valence-electron chi connectivity index (χ2n) is 7.54. The first-order valence-corrected chi connectivity index (χ1v) is 10.8. The van der Waals surface area contributed by atoms with Crippen molar-refractivity contribution in [2.75, 3.05) is 0 Å². The van der Waals surface area contributed by atoms with Gasteiger partial charge in [0.15, 0.2) is 0 Å². The Balaban J connectivity index is 0.00000231. The number of fused-ring (bicyclic) bond motifs is 2. The van der Waals surface area contributed by atoms with E-state index in [4.69, 9.17) is 23.2 Å². The molecule has 0 atom stereocenters. The van der Waals surface area contributed by atoms with Gasteiger partial charge in [0, 0.05) is 10.8 Å². The summed E-state index contributed by atoms with van der Waals surface area (Å²) >= 11 is 13.7. The number of hydrogen-bond acceptors (Lipinski definition) is 0. The average Bonchev–Trinajstić information content (AvgIpc) is 3.07. The van der Waals surface area contributed by atoms with Crippen LogP contribution >= 0.6 is 23.2 Å². The van der Waals surface area contributed by atoms with Gasteiger partial charge in [-0.3, -0.25) is 0 Å². The van der Waals surface area contributed by atoms with Crippen LogP contribution in [0.3, 0.4) is 0 Å². The normalized spacial score (nSPS) is 11.1. The Kier molecular flexibility index (Phi) is 6.11. The molecule has 5 heteroatoms. The molecule has 156 valence electrons. The van der Waals surface area contributed by atoms with E-state index >= 15 is 0 Å². The fraction of sp³-hybridized carbons (Fsp3) is 0.115. The van der Waals surface area contributed by atoms with Crippen molar-refractivity contribution in [3.05, 3.63) is 101 Å². The molecule has 4 aromatic carbocycles. The molecule has 0 saturated heterocycles. The molecule has 0 aliphatic carbocycles. The van der Waals surface area contributed by atoms with E-state index in [0.717, 1.165) is 34.1 Å². The molecule has 0 aliphatic heterocycles. The predicted molar refractivity (Wildman–Crippen MR) is 126 cm³/mol. The largest absolute Gasteiger partial charge is 1.00 e. The number of nitrogens with zero attached hydrogens (tertiary/aromatic N) is 2. The molecule has 0 unspecified atom stereocenters. The van der Waals surface area contributed by atoms with Gasteiger partial charge < -0.3 is 17.0 Å². The Morgan fingerprint density at radius 2 is 1.42 bits per heavy atom. The van der Waals surface area contributed by atoms with Crippen molar-refractivity contribution in [1.82, 2.24) is 4.57 Å². The molecule has 0 bridgehead atoms. The molecule has 0 spiro atoms. The topological polar surface area (TPSA) is 8.81 Å². The highest BCUT2D eigenvalue weighted by Gasteiger charge is 2.27. The maximum atomic E-state index is 6.84. The number of imidazole rings is 1. The lowest BCUT2D eigenvalue weighted by atomic mass is 10.0. The van der Waals surface area contributed by atoms with Gasteiger partial charge in [0.1, 0.15) is 11.4 Å². The predicted octanol–water partition coefficient (Wildman–Crippen LogP) is 4.24. The lowest BCUT2D eigenvalue weighted by Gasteiger charge is -2.09. The molecule has 0 fully saturated rings. The zero-order valence-electron chi connectivity index (χ0n) is 17.2. The summed E-state index contributed by atoms with van der Waals surface area (Å²) < 4.78 is 4.02. The van der Waals surface area contributed by atoms with Gasteiger partial charge in [-0.25, -0.2) is 0 Å². The fourth-order valence-electron chi connectivity index (χ4n) is 4.28. The van der Waals surface area contributed by atoms with Gasteiger partial charge in [-0.05, 0) is 58.4 Å². The van der Waals surface area contributed by atoms with Crippen LogP contribution in [-0.4, -0.2) is 4.57 Å². The number of halogens is 3. The van der Waals surface area contributed by atoms with Crippen molar-refractivity contribution in [3.63, 3.8) is 0 Å². The Morgan fingerprint density at radius 1 is 0.806 bits per heavy atom. The van der Waals surface area contributed by atoms with Crippen LogP contribution in [0.5, 0.6) is 0 Å². The van der Waals surface area contributed by atoms with E-state index in [1.54, 1.807) is 0 Å². The maximum Gasteiger partial charge on any atom is 0.260 e. The zero-order chi connectivity index (χ0) is 20.8. The van der Waals surface area contributed by atoms with Crippen molar-refractivity contribution in [2.24, 2.45) is 0 Å². The van der Waals surface area contributed by atoms with Crippen LogP contribution in [0.2, 0.25) is 10.3 Å². The lowest BCUT2D eigenvalue weighted by Crippen LogP contribution is -3.00. The zero-order valence-corrected chi connectivity index (χ0v) is 20.3. The van der Waals surface area contributed by atoms with E-state index in [1.165, 1.54) is 16.3 Å². The van der Waals surface area contributed by atoms with E-state index in [1.807, 2.05) is 15.5 Å². The van der Waals surface area contributed by atoms with Gasteiger partial charge in [-0.2, -0.15) is 9.13 Å². The minimum Gasteiger partial charge on any atom is -1.00 e. The van der Waals surface area contributed by atoms with Gasteiger partial charge in [0.25, 0.3) is 16.6 Å². The summed E-state index contributed by atoms with van der Waals surface area (Å²) in [6.07, 6.45) is 2.92. The number of aryl methyl sites for hydroxylation is 2. The second kappa shape index (κ2) is 8.66. The van der Waals surface area contributed by atoms with Crippen LogP contribution in [0.4, 0.5) is 0 Å². The van der Waals surface area contributed by atoms with Crippen molar-refractivity contribution in [2.45, 2.75) is 20.3 Å². The first-order chi connectivity index (χ1) is 14.6. The minimum absolute atomic E-state index is 0. The van der Waals surface area contributed by atoms with Gasteiger partial charge in [-0.15, -0.1) is 0 Å². The van der Waals surface area contributed by atoms with E-state index in [9.17, 15) is 0 Å². The fourth-order valence-corrected chi connectivity index (χ4v) is 4.72. The van der Waals surface area contributed by atoms with Crippen LogP contribution in [0.15, 0.2) is 79.1 Å². The highest BCUT2D eigenvalue weighted by molar-refractivity contribution is 6.40. The summed E-state index contributed by atoms with van der Waals surface area (Å²) in [4.78, 5) is 0. The molecule has 0 saturated carbocycles. The molecule has 5 aromatic rings. The molecule has 0 amide bonds. The Labute approximate surface area is 202 Å². The Bertz CT molecular complexity index is 1420. The number of aromatic nitrogens is 2. The van der Waals surface area contributed by atoms with Crippen LogP contribution in [0, 0.1) is 6.92 Å². The molecule has 1 heterocycles. The summed E-state index contributed by atoms with van der Waals surface area (Å²) in [5.41, 5.74) is 4.50. The van der Waals surface area contributed by atoms with Crippen molar-refractivity contribution in [3.8, 4) is 11.4 Å². The number of hydrogen-bond donors (Lipinski definition) is 0. The van der Waals surface area contributed by atoms with E-state index in [2.05, 4.69) is 86.6 Å². The number of rotatable bonds is 3. The van der Waals surface area contributed by atoms with E-state index in [0.29, 0.717) is 10.3 Å². The van der Waals surface area contributed by atoms with Crippen LogP contribution in [0.25, 0.3) is 32.9 Å². The van der Waals surface area contributed by atoms with Gasteiger partial charge in [-0.1, -0.05) is 79.7 Å². The van der Waals surface area contributed by atoms with Gasteiger partial charge in [0.05, 0.1) is 0 Å². The molecule has 31 heavy (non-hydrogen) atoms. The molecule has 2 nitrogen and oxygen atoms in total. The van der Waals surface area contributed by atoms with Gasteiger partial charge >= 0.3 is 0 Å². The molecule has 0 aliphatic rings. The van der Waals surface area contributed by atoms with Crippen molar-refractivity contribution < 1.29 is 21.5 Å². The van der Waals surface area contributed by atoms with Crippen LogP contribution in [-0.2, 0) is 6.42 Å². The third kappa shape index (κ3) is 3.55. The molecular formula is C26H21BrCl2N2. The standard InChI is InChI=1S/C26H21Cl2N2.BrH/c1-3-18-14-15-20-9-5-7-11-22(20)24(18)30-16-29(25(27)26(30)28)23-17(2)12-13-19-8-4-6-10-21(19)23;/h4-16H,3H2,1-2H3;1H/q+1;/p-1. The Hall–Kier alpha value is -2.33. The van der Waals surface area contributed by atoms with E-state index < -0.39 is 0 Å². The van der Waals surface area contributed by atoms with Gasteiger partial charge in [0.2, 0.25) is 0 Å². The van der Waals surface area contributed by atoms with Crippen LogP contribution < -0.4 is 21.5 Å². The maximum absolute atomic E-state index is 6.84. The summed E-state index contributed by atoms with van der Waals surface area (Å²) in [6.45, 7) is 4.27.